The van der Waals surface area contributed by atoms with E-state index in [1.807, 2.05) is 0 Å². The normalized spacial score (nSPS) is 15.7. The summed E-state index contributed by atoms with van der Waals surface area (Å²) in [5, 5.41) is 0. The first-order chi connectivity index (χ1) is 11.5. The molecule has 2 heterocycles. The Morgan fingerprint density at radius 2 is 2.00 bits per heavy atom. The van der Waals surface area contributed by atoms with E-state index in [9.17, 15) is 18.0 Å². The van der Waals surface area contributed by atoms with Gasteiger partial charge in [-0.15, -0.1) is 0 Å². The van der Waals surface area contributed by atoms with E-state index < -0.39 is 21.9 Å². The number of esters is 1. The molecule has 0 aliphatic carbocycles. The van der Waals surface area contributed by atoms with Crippen molar-refractivity contribution in [2.24, 2.45) is 0 Å². The highest BCUT2D eigenvalue weighted by atomic mass is 32.2. The van der Waals surface area contributed by atoms with Crippen LogP contribution in [0.5, 0.6) is 0 Å². The van der Waals surface area contributed by atoms with Crippen LogP contribution >= 0.6 is 0 Å². The molecule has 0 fully saturated rings. The molecular formula is C16H13NO6S. The maximum atomic E-state index is 12.3. The SMILES string of the molecule is O=C(/C=C/c1ccco1)OCCN1C(=O)c2ccccc2S1(=O)=O. The topological polar surface area (TPSA) is 93.9 Å². The number of sulfonamides is 1. The number of benzene rings is 1. The highest BCUT2D eigenvalue weighted by Crippen LogP contribution is 2.29. The van der Waals surface area contributed by atoms with Crippen molar-refractivity contribution in [3.05, 3.63) is 60.1 Å². The zero-order valence-electron chi connectivity index (χ0n) is 12.4. The summed E-state index contributed by atoms with van der Waals surface area (Å²) in [6.45, 7) is -0.476. The number of fused-ring (bicyclic) bond motifs is 1. The van der Waals surface area contributed by atoms with Gasteiger partial charge in [-0.3, -0.25) is 4.79 Å². The second-order valence-corrected chi connectivity index (χ2v) is 6.73. The average Bonchev–Trinajstić information content (AvgIpc) is 3.15. The Kier molecular flexibility index (Phi) is 4.22. The lowest BCUT2D eigenvalue weighted by Gasteiger charge is -2.14. The summed E-state index contributed by atoms with van der Waals surface area (Å²) in [5.74, 6) is -0.791. The Labute approximate surface area is 138 Å². The maximum absolute atomic E-state index is 12.3. The van der Waals surface area contributed by atoms with E-state index >= 15 is 0 Å². The van der Waals surface area contributed by atoms with Crippen molar-refractivity contribution < 1.29 is 27.2 Å². The largest absolute Gasteiger partial charge is 0.465 e. The fraction of sp³-hybridized carbons (Fsp3) is 0.125. The van der Waals surface area contributed by atoms with Gasteiger partial charge in [-0.25, -0.2) is 17.5 Å². The fourth-order valence-electron chi connectivity index (χ4n) is 2.27. The number of carbonyl (C=O) groups excluding carboxylic acids is 2. The van der Waals surface area contributed by atoms with Crippen molar-refractivity contribution in [2.45, 2.75) is 4.90 Å². The number of rotatable bonds is 5. The molecule has 1 aromatic carbocycles. The monoisotopic (exact) mass is 347 g/mol. The molecule has 124 valence electrons. The summed E-state index contributed by atoms with van der Waals surface area (Å²) in [5.41, 5.74) is 0.126. The molecule has 1 aliphatic rings. The second-order valence-electron chi connectivity index (χ2n) is 4.89. The van der Waals surface area contributed by atoms with Crippen molar-refractivity contribution >= 4 is 28.0 Å². The standard InChI is InChI=1S/C16H13NO6S/c18-15(8-7-12-4-3-10-22-12)23-11-9-17-16(19)13-5-1-2-6-14(13)24(17,20)21/h1-8,10H,9,11H2/b8-7+. The quantitative estimate of drug-likeness (QED) is 0.603. The first kappa shape index (κ1) is 16.0. The molecule has 0 saturated heterocycles. The molecule has 1 aliphatic heterocycles. The summed E-state index contributed by atoms with van der Waals surface area (Å²) in [6, 6.07) is 9.30. The van der Waals surface area contributed by atoms with Crippen LogP contribution in [-0.2, 0) is 19.6 Å². The van der Waals surface area contributed by atoms with Gasteiger partial charge in [0.15, 0.2) is 0 Å². The minimum atomic E-state index is -3.88. The smallest absolute Gasteiger partial charge is 0.330 e. The van der Waals surface area contributed by atoms with E-state index in [1.165, 1.54) is 24.5 Å². The van der Waals surface area contributed by atoms with E-state index in [0.29, 0.717) is 10.1 Å². The molecular weight excluding hydrogens is 334 g/mol. The third-order valence-corrected chi connectivity index (χ3v) is 5.22. The molecule has 1 amide bonds. The highest BCUT2D eigenvalue weighted by molar-refractivity contribution is 7.90. The lowest BCUT2D eigenvalue weighted by atomic mass is 10.2. The van der Waals surface area contributed by atoms with E-state index in [4.69, 9.17) is 9.15 Å². The Morgan fingerprint density at radius 3 is 2.71 bits per heavy atom. The summed E-state index contributed by atoms with van der Waals surface area (Å²) >= 11 is 0. The number of amides is 1. The molecule has 8 heteroatoms. The van der Waals surface area contributed by atoms with Crippen molar-refractivity contribution in [3.8, 4) is 0 Å². The summed E-state index contributed by atoms with van der Waals surface area (Å²) < 4.78 is 35.2. The van der Waals surface area contributed by atoms with Gasteiger partial charge in [0.1, 0.15) is 17.3 Å². The van der Waals surface area contributed by atoms with Gasteiger partial charge in [-0.2, -0.15) is 0 Å². The van der Waals surface area contributed by atoms with Crippen LogP contribution in [0.3, 0.4) is 0 Å². The van der Waals surface area contributed by atoms with Crippen LogP contribution in [0.2, 0.25) is 0 Å². The molecule has 0 radical (unpaired) electrons. The van der Waals surface area contributed by atoms with Gasteiger partial charge in [-0.05, 0) is 30.3 Å². The van der Waals surface area contributed by atoms with E-state index in [2.05, 4.69) is 0 Å². The zero-order chi connectivity index (χ0) is 17.2. The van der Waals surface area contributed by atoms with Crippen LogP contribution in [0, 0.1) is 0 Å². The van der Waals surface area contributed by atoms with Crippen LogP contribution in [0.15, 0.2) is 58.1 Å². The third kappa shape index (κ3) is 2.95. The molecule has 3 rings (SSSR count). The minimum absolute atomic E-state index is 0.0287. The predicted molar refractivity (Wildman–Crippen MR) is 83.4 cm³/mol. The first-order valence-corrected chi connectivity index (χ1v) is 8.48. The zero-order valence-corrected chi connectivity index (χ0v) is 13.2. The Balaban J connectivity index is 1.60. The number of hydrogen-bond acceptors (Lipinski definition) is 6. The van der Waals surface area contributed by atoms with Gasteiger partial charge in [-0.1, -0.05) is 12.1 Å². The predicted octanol–water partition coefficient (Wildman–Crippen LogP) is 1.68. The molecule has 0 N–H and O–H groups in total. The maximum Gasteiger partial charge on any atom is 0.330 e. The first-order valence-electron chi connectivity index (χ1n) is 7.04. The fourth-order valence-corrected chi connectivity index (χ4v) is 3.82. The van der Waals surface area contributed by atoms with Gasteiger partial charge in [0.25, 0.3) is 15.9 Å². The van der Waals surface area contributed by atoms with Gasteiger partial charge in [0, 0.05) is 6.08 Å². The summed E-state index contributed by atoms with van der Waals surface area (Å²) in [7, 11) is -3.88. The van der Waals surface area contributed by atoms with Crippen LogP contribution in [0.1, 0.15) is 16.1 Å². The van der Waals surface area contributed by atoms with Gasteiger partial charge in [0.05, 0.1) is 18.4 Å². The van der Waals surface area contributed by atoms with Gasteiger partial charge >= 0.3 is 5.97 Å². The Bertz CT molecular complexity index is 898. The molecule has 0 saturated carbocycles. The minimum Gasteiger partial charge on any atom is -0.465 e. The highest BCUT2D eigenvalue weighted by Gasteiger charge is 2.40. The van der Waals surface area contributed by atoms with E-state index in [1.54, 1.807) is 24.3 Å². The molecule has 1 aromatic heterocycles. The third-order valence-electron chi connectivity index (χ3n) is 3.38. The van der Waals surface area contributed by atoms with Crippen molar-refractivity contribution in [1.82, 2.24) is 4.31 Å². The molecule has 0 bridgehead atoms. The number of nitrogens with zero attached hydrogens (tertiary/aromatic N) is 1. The van der Waals surface area contributed by atoms with Crippen molar-refractivity contribution in [2.75, 3.05) is 13.2 Å². The van der Waals surface area contributed by atoms with Crippen LogP contribution < -0.4 is 0 Å². The van der Waals surface area contributed by atoms with E-state index in [0.717, 1.165) is 6.08 Å². The second kappa shape index (κ2) is 6.32. The summed E-state index contributed by atoms with van der Waals surface area (Å²) in [6.07, 6.45) is 4.05. The average molecular weight is 347 g/mol. The van der Waals surface area contributed by atoms with Crippen molar-refractivity contribution in [3.63, 3.8) is 0 Å². The van der Waals surface area contributed by atoms with E-state index in [-0.39, 0.29) is 23.6 Å². The molecule has 0 spiro atoms. The number of ether oxygens (including phenoxy) is 1. The van der Waals surface area contributed by atoms with Gasteiger partial charge < -0.3 is 9.15 Å². The number of furan rings is 1. The molecule has 24 heavy (non-hydrogen) atoms. The van der Waals surface area contributed by atoms with Crippen molar-refractivity contribution in [1.29, 1.82) is 0 Å². The number of carbonyl (C=O) groups is 2. The Morgan fingerprint density at radius 1 is 1.21 bits per heavy atom. The lowest BCUT2D eigenvalue weighted by molar-refractivity contribution is -0.137. The Hall–Kier alpha value is -2.87. The molecule has 0 unspecified atom stereocenters. The van der Waals surface area contributed by atoms with Crippen LogP contribution in [0.25, 0.3) is 6.08 Å². The molecule has 0 atom stereocenters. The van der Waals surface area contributed by atoms with Crippen LogP contribution in [0.4, 0.5) is 0 Å². The van der Waals surface area contributed by atoms with Gasteiger partial charge in [0.2, 0.25) is 0 Å². The molecule has 2 aromatic rings. The summed E-state index contributed by atoms with van der Waals surface area (Å²) in [4.78, 5) is 23.7. The number of hydrogen-bond donors (Lipinski definition) is 0. The lowest BCUT2D eigenvalue weighted by Crippen LogP contribution is -2.33. The molecule has 7 nitrogen and oxygen atoms in total. The van der Waals surface area contributed by atoms with Crippen LogP contribution in [-0.4, -0.2) is 37.8 Å².